The van der Waals surface area contributed by atoms with E-state index < -0.39 is 5.97 Å². The Balaban J connectivity index is 2.00. The number of carbonyl (C=O) groups is 1. The van der Waals surface area contributed by atoms with E-state index in [-0.39, 0.29) is 18.3 Å². The van der Waals surface area contributed by atoms with Crippen molar-refractivity contribution in [2.24, 2.45) is 0 Å². The first kappa shape index (κ1) is 13.1. The van der Waals surface area contributed by atoms with Crippen LogP contribution in [0.15, 0.2) is 10.5 Å². The molecular weight excluding hydrogens is 238 g/mol. The van der Waals surface area contributed by atoms with Crippen LogP contribution < -0.4 is 0 Å². The molecule has 1 aromatic heterocycles. The third-order valence-corrected chi connectivity index (χ3v) is 3.01. The number of aromatic carboxylic acids is 1. The molecule has 2 N–H and O–H groups in total. The summed E-state index contributed by atoms with van der Waals surface area (Å²) in [6, 6.07) is 1.56. The normalized spacial score (nSPS) is 21.1. The maximum absolute atomic E-state index is 10.9. The summed E-state index contributed by atoms with van der Waals surface area (Å²) in [5.74, 6) is 0.0747. The van der Waals surface area contributed by atoms with Crippen molar-refractivity contribution >= 4 is 5.97 Å². The lowest BCUT2D eigenvalue weighted by molar-refractivity contribution is -0.0564. The summed E-state index contributed by atoms with van der Waals surface area (Å²) in [5.41, 5.74) is 0.206. The molecule has 1 unspecified atom stereocenters. The van der Waals surface area contributed by atoms with Crippen LogP contribution in [-0.4, -0.2) is 53.5 Å². The van der Waals surface area contributed by atoms with Crippen molar-refractivity contribution in [2.75, 3.05) is 26.3 Å². The van der Waals surface area contributed by atoms with Gasteiger partial charge in [0.05, 0.1) is 25.9 Å². The van der Waals surface area contributed by atoms with Crippen LogP contribution in [0.2, 0.25) is 0 Å². The minimum atomic E-state index is -0.974. The van der Waals surface area contributed by atoms with Gasteiger partial charge in [-0.05, 0) is 13.0 Å². The third-order valence-electron chi connectivity index (χ3n) is 3.01. The van der Waals surface area contributed by atoms with Crippen molar-refractivity contribution in [3.8, 4) is 0 Å². The maximum atomic E-state index is 10.9. The van der Waals surface area contributed by atoms with E-state index in [4.69, 9.17) is 19.4 Å². The van der Waals surface area contributed by atoms with Gasteiger partial charge in [-0.15, -0.1) is 0 Å². The van der Waals surface area contributed by atoms with E-state index in [1.807, 2.05) is 0 Å². The fourth-order valence-electron chi connectivity index (χ4n) is 2.09. The Hall–Kier alpha value is -1.37. The van der Waals surface area contributed by atoms with Crippen LogP contribution in [0, 0.1) is 6.92 Å². The number of aliphatic hydroxyl groups is 1. The minimum absolute atomic E-state index is 0.00589. The van der Waals surface area contributed by atoms with E-state index in [1.165, 1.54) is 0 Å². The lowest BCUT2D eigenvalue weighted by atomic mass is 10.2. The number of carboxylic acids is 1. The maximum Gasteiger partial charge on any atom is 0.339 e. The van der Waals surface area contributed by atoms with Gasteiger partial charge in [0.15, 0.2) is 0 Å². The number of morpholine rings is 1. The zero-order valence-electron chi connectivity index (χ0n) is 10.3. The molecule has 0 radical (unpaired) electrons. The van der Waals surface area contributed by atoms with Crippen LogP contribution in [0.3, 0.4) is 0 Å². The monoisotopic (exact) mass is 255 g/mol. The van der Waals surface area contributed by atoms with E-state index in [1.54, 1.807) is 13.0 Å². The number of furan rings is 1. The average molecular weight is 255 g/mol. The zero-order valence-corrected chi connectivity index (χ0v) is 10.3. The highest BCUT2D eigenvalue weighted by molar-refractivity contribution is 5.88. The Bertz CT molecular complexity index is 428. The standard InChI is InChI=1S/C12H17NO5/c1-8-11(12(15)16)4-9(18-8)5-13-2-3-17-10(6-13)7-14/h4,10,14H,2-3,5-7H2,1H3,(H,15,16). The number of hydrogen-bond acceptors (Lipinski definition) is 5. The average Bonchev–Trinajstić information content (AvgIpc) is 2.70. The number of aryl methyl sites for hydroxylation is 1. The molecule has 1 atom stereocenters. The van der Waals surface area contributed by atoms with Gasteiger partial charge in [-0.25, -0.2) is 4.79 Å². The van der Waals surface area contributed by atoms with Crippen LogP contribution in [0.25, 0.3) is 0 Å². The number of ether oxygens (including phenoxy) is 1. The van der Waals surface area contributed by atoms with Gasteiger partial charge in [0.25, 0.3) is 0 Å². The molecule has 1 fully saturated rings. The molecule has 0 aliphatic carbocycles. The number of carboxylic acid groups (broad SMARTS) is 1. The summed E-state index contributed by atoms with van der Waals surface area (Å²) in [4.78, 5) is 13.0. The van der Waals surface area contributed by atoms with Gasteiger partial charge in [-0.2, -0.15) is 0 Å². The van der Waals surface area contributed by atoms with Crippen molar-refractivity contribution in [3.63, 3.8) is 0 Å². The Morgan fingerprint density at radius 3 is 3.00 bits per heavy atom. The van der Waals surface area contributed by atoms with Crippen LogP contribution in [0.1, 0.15) is 21.9 Å². The Labute approximate surface area is 105 Å². The summed E-state index contributed by atoms with van der Waals surface area (Å²) >= 11 is 0. The van der Waals surface area contributed by atoms with Crippen molar-refractivity contribution in [2.45, 2.75) is 19.6 Å². The number of aliphatic hydroxyl groups excluding tert-OH is 1. The molecule has 0 saturated carbocycles. The molecule has 1 aromatic rings. The van der Waals surface area contributed by atoms with Gasteiger partial charge in [0, 0.05) is 13.1 Å². The first-order chi connectivity index (χ1) is 8.60. The van der Waals surface area contributed by atoms with E-state index in [2.05, 4.69) is 4.90 Å². The fourth-order valence-corrected chi connectivity index (χ4v) is 2.09. The summed E-state index contributed by atoms with van der Waals surface area (Å²) in [6.45, 7) is 4.11. The molecule has 6 nitrogen and oxygen atoms in total. The van der Waals surface area contributed by atoms with E-state index in [9.17, 15) is 4.79 Å². The predicted octanol–water partition coefficient (Wildman–Crippen LogP) is 0.479. The van der Waals surface area contributed by atoms with E-state index in [0.717, 1.165) is 6.54 Å². The van der Waals surface area contributed by atoms with E-state index >= 15 is 0 Å². The minimum Gasteiger partial charge on any atom is -0.478 e. The molecular formula is C12H17NO5. The van der Waals surface area contributed by atoms with Crippen molar-refractivity contribution in [3.05, 3.63) is 23.2 Å². The Morgan fingerprint density at radius 1 is 1.61 bits per heavy atom. The fraction of sp³-hybridized carbons (Fsp3) is 0.583. The predicted molar refractivity (Wildman–Crippen MR) is 62.5 cm³/mol. The molecule has 0 spiro atoms. The topological polar surface area (TPSA) is 83.1 Å². The first-order valence-electron chi connectivity index (χ1n) is 5.87. The first-order valence-corrected chi connectivity index (χ1v) is 5.87. The van der Waals surface area contributed by atoms with Gasteiger partial charge in [0.1, 0.15) is 17.1 Å². The molecule has 0 bridgehead atoms. The molecule has 18 heavy (non-hydrogen) atoms. The number of nitrogens with zero attached hydrogens (tertiary/aromatic N) is 1. The lowest BCUT2D eigenvalue weighted by Crippen LogP contribution is -2.43. The highest BCUT2D eigenvalue weighted by Gasteiger charge is 2.22. The Kier molecular flexibility index (Phi) is 4.00. The van der Waals surface area contributed by atoms with Crippen LogP contribution >= 0.6 is 0 Å². The van der Waals surface area contributed by atoms with Gasteiger partial charge in [0.2, 0.25) is 0 Å². The smallest absolute Gasteiger partial charge is 0.339 e. The second kappa shape index (κ2) is 5.51. The number of hydrogen-bond donors (Lipinski definition) is 2. The van der Waals surface area contributed by atoms with Gasteiger partial charge >= 0.3 is 5.97 Å². The quantitative estimate of drug-likeness (QED) is 0.814. The summed E-state index contributed by atoms with van der Waals surface area (Å²) in [5, 5.41) is 18.0. The molecule has 2 rings (SSSR count). The SMILES string of the molecule is Cc1oc(CN2CCOC(CO)C2)cc1C(=O)O. The second-order valence-corrected chi connectivity index (χ2v) is 4.40. The highest BCUT2D eigenvalue weighted by Crippen LogP contribution is 2.17. The summed E-state index contributed by atoms with van der Waals surface area (Å²) < 4.78 is 10.8. The van der Waals surface area contributed by atoms with Crippen LogP contribution in [0.5, 0.6) is 0 Å². The van der Waals surface area contributed by atoms with Crippen LogP contribution in [0.4, 0.5) is 0 Å². The molecule has 1 aliphatic rings. The molecule has 2 heterocycles. The molecule has 1 aliphatic heterocycles. The second-order valence-electron chi connectivity index (χ2n) is 4.40. The molecule has 1 saturated heterocycles. The molecule has 100 valence electrons. The lowest BCUT2D eigenvalue weighted by Gasteiger charge is -2.31. The van der Waals surface area contributed by atoms with Crippen molar-refractivity contribution in [1.82, 2.24) is 4.90 Å². The van der Waals surface area contributed by atoms with Crippen molar-refractivity contribution < 1.29 is 24.2 Å². The van der Waals surface area contributed by atoms with Crippen LogP contribution in [-0.2, 0) is 11.3 Å². The highest BCUT2D eigenvalue weighted by atomic mass is 16.5. The molecule has 6 heteroatoms. The van der Waals surface area contributed by atoms with Gasteiger partial charge < -0.3 is 19.4 Å². The summed E-state index contributed by atoms with van der Waals surface area (Å²) in [6.07, 6.45) is -0.172. The zero-order chi connectivity index (χ0) is 13.1. The molecule has 0 aromatic carbocycles. The number of rotatable bonds is 4. The van der Waals surface area contributed by atoms with E-state index in [0.29, 0.717) is 31.2 Å². The van der Waals surface area contributed by atoms with Crippen molar-refractivity contribution in [1.29, 1.82) is 0 Å². The Morgan fingerprint density at radius 2 is 2.39 bits per heavy atom. The van der Waals surface area contributed by atoms with Gasteiger partial charge in [-0.1, -0.05) is 0 Å². The largest absolute Gasteiger partial charge is 0.478 e. The molecule has 0 amide bonds. The summed E-state index contributed by atoms with van der Waals surface area (Å²) in [7, 11) is 0. The third kappa shape index (κ3) is 2.90. The van der Waals surface area contributed by atoms with Gasteiger partial charge in [-0.3, -0.25) is 4.90 Å².